The summed E-state index contributed by atoms with van der Waals surface area (Å²) in [6.45, 7) is 0. The van der Waals surface area contributed by atoms with Gasteiger partial charge in [0.1, 0.15) is 5.82 Å². The van der Waals surface area contributed by atoms with Gasteiger partial charge in [-0.15, -0.1) is 11.3 Å². The Morgan fingerprint density at radius 2 is 0.844 bits per heavy atom. The Balaban J connectivity index is 1.30. The monoisotopic (exact) mass is 430 g/mol. The molecule has 0 radical (unpaired) electrons. The van der Waals surface area contributed by atoms with Gasteiger partial charge in [-0.25, -0.2) is 4.39 Å². The summed E-state index contributed by atoms with van der Waals surface area (Å²) in [5.41, 5.74) is 6.91. The van der Waals surface area contributed by atoms with E-state index in [1.807, 2.05) is 23.5 Å². The van der Waals surface area contributed by atoms with Crippen molar-refractivity contribution in [3.63, 3.8) is 0 Å². The lowest BCUT2D eigenvalue weighted by Gasteiger charge is -2.07. The molecule has 0 amide bonds. The second-order valence-corrected chi connectivity index (χ2v) is 9.05. The van der Waals surface area contributed by atoms with Crippen molar-refractivity contribution in [3.05, 3.63) is 121 Å². The quantitative estimate of drug-likeness (QED) is 0.262. The summed E-state index contributed by atoms with van der Waals surface area (Å²) in [6.07, 6.45) is 0. The van der Waals surface area contributed by atoms with Gasteiger partial charge in [-0.05, 0) is 63.7 Å². The maximum absolute atomic E-state index is 13.2. The standard InChI is InChI=1S/C30H19FS/c31-26-16-13-23(14-17-26)22-7-5-20(6-8-22)21-9-11-24(12-10-21)25-15-18-30-28(19-25)27-3-1-2-4-29(27)32-30/h1-19H. The highest BCUT2D eigenvalue weighted by molar-refractivity contribution is 7.25. The number of hydrogen-bond donors (Lipinski definition) is 0. The zero-order valence-corrected chi connectivity index (χ0v) is 18.1. The van der Waals surface area contributed by atoms with Crippen LogP contribution in [0.2, 0.25) is 0 Å². The lowest BCUT2D eigenvalue weighted by molar-refractivity contribution is 0.628. The normalized spacial score (nSPS) is 11.3. The summed E-state index contributed by atoms with van der Waals surface area (Å²) in [7, 11) is 0. The smallest absolute Gasteiger partial charge is 0.123 e. The highest BCUT2D eigenvalue weighted by atomic mass is 32.1. The molecule has 0 atom stereocenters. The molecule has 0 aliphatic heterocycles. The van der Waals surface area contributed by atoms with Gasteiger partial charge in [0.2, 0.25) is 0 Å². The molecule has 1 aromatic heterocycles. The minimum Gasteiger partial charge on any atom is -0.207 e. The predicted molar refractivity (Wildman–Crippen MR) is 136 cm³/mol. The van der Waals surface area contributed by atoms with Gasteiger partial charge in [0.05, 0.1) is 0 Å². The summed E-state index contributed by atoms with van der Waals surface area (Å²) < 4.78 is 15.8. The molecule has 0 aliphatic rings. The second kappa shape index (κ2) is 7.74. The van der Waals surface area contributed by atoms with E-state index in [0.717, 1.165) is 11.1 Å². The van der Waals surface area contributed by atoms with Crippen LogP contribution in [-0.4, -0.2) is 0 Å². The van der Waals surface area contributed by atoms with Crippen LogP contribution >= 0.6 is 11.3 Å². The first kappa shape index (κ1) is 19.0. The topological polar surface area (TPSA) is 0 Å². The van der Waals surface area contributed by atoms with Crippen LogP contribution in [0, 0.1) is 5.82 Å². The molecule has 2 heteroatoms. The molecule has 1 heterocycles. The summed E-state index contributed by atoms with van der Waals surface area (Å²) >= 11 is 1.85. The van der Waals surface area contributed by atoms with E-state index < -0.39 is 0 Å². The fourth-order valence-corrected chi connectivity index (χ4v) is 5.34. The van der Waals surface area contributed by atoms with Crippen molar-refractivity contribution in [2.24, 2.45) is 0 Å². The zero-order valence-electron chi connectivity index (χ0n) is 17.3. The van der Waals surface area contributed by atoms with Gasteiger partial charge < -0.3 is 0 Å². The SMILES string of the molecule is Fc1ccc(-c2ccc(-c3ccc(-c4ccc5sc6ccccc6c5c4)cc3)cc2)cc1. The number of thiophene rings is 1. The van der Waals surface area contributed by atoms with Gasteiger partial charge in [-0.1, -0.05) is 84.9 Å². The van der Waals surface area contributed by atoms with E-state index in [9.17, 15) is 4.39 Å². The molecule has 0 bridgehead atoms. The van der Waals surface area contributed by atoms with Gasteiger partial charge in [0.15, 0.2) is 0 Å². The maximum atomic E-state index is 13.2. The first-order valence-corrected chi connectivity index (χ1v) is 11.4. The summed E-state index contributed by atoms with van der Waals surface area (Å²) in [4.78, 5) is 0. The van der Waals surface area contributed by atoms with Gasteiger partial charge >= 0.3 is 0 Å². The van der Waals surface area contributed by atoms with Gasteiger partial charge in [0.25, 0.3) is 0 Å². The first-order valence-electron chi connectivity index (χ1n) is 10.6. The van der Waals surface area contributed by atoms with E-state index in [1.54, 1.807) is 0 Å². The van der Waals surface area contributed by atoms with Crippen LogP contribution in [0.3, 0.4) is 0 Å². The Bertz CT molecular complexity index is 1540. The molecule has 0 unspecified atom stereocenters. The van der Waals surface area contributed by atoms with Crippen molar-refractivity contribution in [2.75, 3.05) is 0 Å². The molecular weight excluding hydrogens is 411 g/mol. The van der Waals surface area contributed by atoms with Crippen molar-refractivity contribution >= 4 is 31.5 Å². The molecule has 0 aliphatic carbocycles. The molecular formula is C30H19FS. The Morgan fingerprint density at radius 3 is 1.44 bits per heavy atom. The highest BCUT2D eigenvalue weighted by Crippen LogP contribution is 2.36. The van der Waals surface area contributed by atoms with Gasteiger partial charge in [0, 0.05) is 20.2 Å². The van der Waals surface area contributed by atoms with E-state index in [-0.39, 0.29) is 5.82 Å². The molecule has 0 N–H and O–H groups in total. The fourth-order valence-electron chi connectivity index (χ4n) is 4.26. The molecule has 5 aromatic carbocycles. The fraction of sp³-hybridized carbons (Fsp3) is 0. The number of rotatable bonds is 3. The van der Waals surface area contributed by atoms with Crippen LogP contribution in [0.1, 0.15) is 0 Å². The van der Waals surface area contributed by atoms with Crippen molar-refractivity contribution < 1.29 is 4.39 Å². The van der Waals surface area contributed by atoms with Crippen LogP contribution in [0.5, 0.6) is 0 Å². The first-order chi connectivity index (χ1) is 15.7. The van der Waals surface area contributed by atoms with Crippen LogP contribution in [0.25, 0.3) is 53.6 Å². The second-order valence-electron chi connectivity index (χ2n) is 7.97. The number of benzene rings is 5. The molecule has 152 valence electrons. The van der Waals surface area contributed by atoms with Crippen molar-refractivity contribution in [3.8, 4) is 33.4 Å². The molecule has 0 fully saturated rings. The van der Waals surface area contributed by atoms with Crippen LogP contribution in [0.15, 0.2) is 115 Å². The molecule has 0 spiro atoms. The van der Waals surface area contributed by atoms with Crippen molar-refractivity contribution in [2.45, 2.75) is 0 Å². The number of fused-ring (bicyclic) bond motifs is 3. The molecule has 6 rings (SSSR count). The predicted octanol–water partition coefficient (Wildman–Crippen LogP) is 9.19. The summed E-state index contributed by atoms with van der Waals surface area (Å²) in [5.74, 6) is -0.211. The summed E-state index contributed by atoms with van der Waals surface area (Å²) in [6, 6.07) is 39.1. The van der Waals surface area contributed by atoms with Crippen molar-refractivity contribution in [1.29, 1.82) is 0 Å². The minimum atomic E-state index is -0.211. The largest absolute Gasteiger partial charge is 0.207 e. The summed E-state index contributed by atoms with van der Waals surface area (Å²) in [5, 5.41) is 2.65. The number of halogens is 1. The van der Waals surface area contributed by atoms with Gasteiger partial charge in [-0.3, -0.25) is 0 Å². The average Bonchev–Trinajstić information content (AvgIpc) is 3.23. The van der Waals surface area contributed by atoms with Crippen LogP contribution < -0.4 is 0 Å². The Morgan fingerprint density at radius 1 is 0.406 bits per heavy atom. The van der Waals surface area contributed by atoms with Crippen LogP contribution in [-0.2, 0) is 0 Å². The van der Waals surface area contributed by atoms with Crippen molar-refractivity contribution in [1.82, 2.24) is 0 Å². The Labute approximate surface area is 190 Å². The van der Waals surface area contributed by atoms with E-state index >= 15 is 0 Å². The zero-order chi connectivity index (χ0) is 21.5. The Hall–Kier alpha value is -3.75. The van der Waals surface area contributed by atoms with E-state index in [1.165, 1.54) is 54.6 Å². The highest BCUT2D eigenvalue weighted by Gasteiger charge is 2.07. The van der Waals surface area contributed by atoms with E-state index in [2.05, 4.69) is 91.0 Å². The lowest BCUT2D eigenvalue weighted by Crippen LogP contribution is -1.82. The minimum absolute atomic E-state index is 0.211. The molecule has 0 nitrogen and oxygen atoms in total. The maximum Gasteiger partial charge on any atom is 0.123 e. The van der Waals surface area contributed by atoms with E-state index in [4.69, 9.17) is 0 Å². The lowest BCUT2D eigenvalue weighted by atomic mass is 9.97. The van der Waals surface area contributed by atoms with E-state index in [0.29, 0.717) is 0 Å². The van der Waals surface area contributed by atoms with Crippen LogP contribution in [0.4, 0.5) is 4.39 Å². The molecule has 0 saturated heterocycles. The number of hydrogen-bond acceptors (Lipinski definition) is 1. The van der Waals surface area contributed by atoms with Gasteiger partial charge in [-0.2, -0.15) is 0 Å². The third kappa shape index (κ3) is 3.39. The molecule has 6 aromatic rings. The Kier molecular flexibility index (Phi) is 4.59. The average molecular weight is 431 g/mol. The molecule has 0 saturated carbocycles. The molecule has 32 heavy (non-hydrogen) atoms. The third-order valence-corrected chi connectivity index (χ3v) is 7.14. The third-order valence-electron chi connectivity index (χ3n) is 5.99.